The van der Waals surface area contributed by atoms with Crippen LogP contribution in [0, 0.1) is 6.92 Å². The van der Waals surface area contributed by atoms with Crippen LogP contribution in [-0.4, -0.2) is 28.5 Å². The molecule has 1 aliphatic heterocycles. The summed E-state index contributed by atoms with van der Waals surface area (Å²) in [5, 5.41) is 3.69. The molecule has 0 saturated carbocycles. The lowest BCUT2D eigenvalue weighted by Crippen LogP contribution is -2.46. The van der Waals surface area contributed by atoms with Gasteiger partial charge in [0, 0.05) is 10.9 Å². The Balaban J connectivity index is 2.33. The van der Waals surface area contributed by atoms with Crippen LogP contribution in [0.5, 0.6) is 0 Å². The Morgan fingerprint density at radius 1 is 1.38 bits per heavy atom. The number of nitrogens with one attached hydrogen (secondary N) is 1. The van der Waals surface area contributed by atoms with Crippen molar-refractivity contribution < 1.29 is 14.3 Å². The number of carbonyl (C=O) groups excluding carboxylic acids is 2. The van der Waals surface area contributed by atoms with E-state index < -0.39 is 5.60 Å². The third kappa shape index (κ3) is 3.64. The highest BCUT2D eigenvalue weighted by atomic mass is 32.1. The summed E-state index contributed by atoms with van der Waals surface area (Å²) in [6.07, 6.45) is 1.72. The maximum Gasteiger partial charge on any atom is 0.411 e. The van der Waals surface area contributed by atoms with Crippen LogP contribution in [0.1, 0.15) is 56.7 Å². The number of ether oxygens (including phenoxy) is 1. The molecular weight excluding hydrogens is 324 g/mol. The number of nitrogens with zero attached hydrogens (tertiary/aromatic N) is 1. The summed E-state index contributed by atoms with van der Waals surface area (Å²) in [6.45, 7) is 15.1. The van der Waals surface area contributed by atoms with E-state index in [9.17, 15) is 9.59 Å². The van der Waals surface area contributed by atoms with Gasteiger partial charge in [-0.15, -0.1) is 11.3 Å². The molecule has 6 heteroatoms. The molecular formula is C18H26N2O3S. The van der Waals surface area contributed by atoms with E-state index in [2.05, 4.69) is 11.9 Å². The van der Waals surface area contributed by atoms with Crippen molar-refractivity contribution in [2.45, 2.75) is 65.6 Å². The molecule has 1 aliphatic rings. The van der Waals surface area contributed by atoms with E-state index >= 15 is 0 Å². The number of hydrogen-bond donors (Lipinski definition) is 1. The summed E-state index contributed by atoms with van der Waals surface area (Å²) >= 11 is 1.53. The van der Waals surface area contributed by atoms with Gasteiger partial charge in [-0.2, -0.15) is 0 Å². The Morgan fingerprint density at radius 3 is 2.54 bits per heavy atom. The molecule has 2 amide bonds. The second-order valence-corrected chi connectivity index (χ2v) is 8.26. The molecule has 1 aromatic rings. The second-order valence-electron chi connectivity index (χ2n) is 7.21. The van der Waals surface area contributed by atoms with Gasteiger partial charge in [-0.3, -0.25) is 9.69 Å². The van der Waals surface area contributed by atoms with Crippen molar-refractivity contribution in [2.75, 3.05) is 5.32 Å². The standard InChI is InChI=1S/C18H26N2O3S/c1-8-14(21)19-16-11(3)13-9-10(2)20(12(4)15(13)24-16)17(22)23-18(5,6)7/h8,10,12H,1,9H2,2-7H3,(H,19,21). The van der Waals surface area contributed by atoms with Gasteiger partial charge in [-0.05, 0) is 65.2 Å². The van der Waals surface area contributed by atoms with Gasteiger partial charge in [0.2, 0.25) is 5.91 Å². The van der Waals surface area contributed by atoms with Crippen LogP contribution in [0.15, 0.2) is 12.7 Å². The summed E-state index contributed by atoms with van der Waals surface area (Å²) in [4.78, 5) is 27.1. The number of hydrogen-bond acceptors (Lipinski definition) is 4. The van der Waals surface area contributed by atoms with Crippen LogP contribution < -0.4 is 5.32 Å². The number of fused-ring (bicyclic) bond motifs is 1. The molecule has 0 radical (unpaired) electrons. The van der Waals surface area contributed by atoms with Gasteiger partial charge < -0.3 is 10.1 Å². The first-order valence-electron chi connectivity index (χ1n) is 8.12. The summed E-state index contributed by atoms with van der Waals surface area (Å²) < 4.78 is 5.56. The van der Waals surface area contributed by atoms with Crippen molar-refractivity contribution in [1.29, 1.82) is 0 Å². The number of carbonyl (C=O) groups is 2. The van der Waals surface area contributed by atoms with E-state index in [4.69, 9.17) is 4.74 Å². The van der Waals surface area contributed by atoms with Gasteiger partial charge >= 0.3 is 6.09 Å². The highest BCUT2D eigenvalue weighted by Crippen LogP contribution is 2.44. The van der Waals surface area contributed by atoms with E-state index in [1.54, 1.807) is 4.90 Å². The first-order chi connectivity index (χ1) is 11.0. The van der Waals surface area contributed by atoms with Crippen molar-refractivity contribution in [1.82, 2.24) is 4.90 Å². The Labute approximate surface area is 147 Å². The predicted octanol–water partition coefficient (Wildman–Crippen LogP) is 4.42. The van der Waals surface area contributed by atoms with E-state index in [-0.39, 0.29) is 24.1 Å². The van der Waals surface area contributed by atoms with Crippen molar-refractivity contribution >= 4 is 28.3 Å². The fraction of sp³-hybridized carbons (Fsp3) is 0.556. The van der Waals surface area contributed by atoms with Crippen LogP contribution in [0.3, 0.4) is 0 Å². The first-order valence-corrected chi connectivity index (χ1v) is 8.93. The normalized spacial score (nSPS) is 20.3. The van der Waals surface area contributed by atoms with E-state index in [0.717, 1.165) is 21.9 Å². The monoisotopic (exact) mass is 350 g/mol. The van der Waals surface area contributed by atoms with Crippen LogP contribution in [0.4, 0.5) is 9.80 Å². The maximum atomic E-state index is 12.6. The maximum absolute atomic E-state index is 12.6. The Morgan fingerprint density at radius 2 is 2.00 bits per heavy atom. The van der Waals surface area contributed by atoms with Gasteiger partial charge in [0.1, 0.15) is 5.60 Å². The van der Waals surface area contributed by atoms with Gasteiger partial charge in [-0.25, -0.2) is 4.79 Å². The van der Waals surface area contributed by atoms with Crippen molar-refractivity contribution in [2.24, 2.45) is 0 Å². The van der Waals surface area contributed by atoms with Gasteiger partial charge in [0.25, 0.3) is 0 Å². The van der Waals surface area contributed by atoms with E-state index in [1.165, 1.54) is 23.0 Å². The summed E-state index contributed by atoms with van der Waals surface area (Å²) in [6, 6.07) is -0.0460. The molecule has 132 valence electrons. The number of rotatable bonds is 2. The number of anilines is 1. The molecule has 0 aromatic carbocycles. The molecule has 0 aliphatic carbocycles. The molecule has 1 N–H and O–H groups in total. The van der Waals surface area contributed by atoms with Crippen molar-refractivity contribution in [3.05, 3.63) is 28.7 Å². The van der Waals surface area contributed by atoms with Crippen LogP contribution in [0.25, 0.3) is 0 Å². The van der Waals surface area contributed by atoms with Crippen LogP contribution in [-0.2, 0) is 16.0 Å². The van der Waals surface area contributed by atoms with Crippen molar-refractivity contribution in [3.8, 4) is 0 Å². The summed E-state index contributed by atoms with van der Waals surface area (Å²) in [7, 11) is 0. The minimum Gasteiger partial charge on any atom is -0.444 e. The zero-order chi connectivity index (χ0) is 18.2. The van der Waals surface area contributed by atoms with Crippen molar-refractivity contribution in [3.63, 3.8) is 0 Å². The molecule has 2 unspecified atom stereocenters. The molecule has 2 atom stereocenters. The minimum absolute atomic E-state index is 0.0404. The molecule has 0 bridgehead atoms. The molecule has 0 saturated heterocycles. The molecule has 0 spiro atoms. The second kappa shape index (κ2) is 6.59. The smallest absolute Gasteiger partial charge is 0.411 e. The average molecular weight is 350 g/mol. The van der Waals surface area contributed by atoms with Gasteiger partial charge in [-0.1, -0.05) is 6.58 Å². The average Bonchev–Trinajstić information content (AvgIpc) is 2.74. The zero-order valence-corrected chi connectivity index (χ0v) is 16.0. The number of thiophene rings is 1. The van der Waals surface area contributed by atoms with Crippen LogP contribution >= 0.6 is 11.3 Å². The first kappa shape index (κ1) is 18.5. The fourth-order valence-electron chi connectivity index (χ4n) is 3.00. The lowest BCUT2D eigenvalue weighted by Gasteiger charge is -2.39. The lowest BCUT2D eigenvalue weighted by atomic mass is 9.94. The topological polar surface area (TPSA) is 58.6 Å². The zero-order valence-electron chi connectivity index (χ0n) is 15.2. The third-order valence-corrected chi connectivity index (χ3v) is 5.52. The summed E-state index contributed by atoms with van der Waals surface area (Å²) in [5.41, 5.74) is 1.78. The summed E-state index contributed by atoms with van der Waals surface area (Å²) in [5.74, 6) is -0.221. The quantitative estimate of drug-likeness (QED) is 0.803. The molecule has 2 heterocycles. The highest BCUT2D eigenvalue weighted by molar-refractivity contribution is 7.16. The highest BCUT2D eigenvalue weighted by Gasteiger charge is 2.38. The molecule has 1 aromatic heterocycles. The third-order valence-electron chi connectivity index (χ3n) is 4.10. The van der Waals surface area contributed by atoms with Crippen LogP contribution in [0.2, 0.25) is 0 Å². The Kier molecular flexibility index (Phi) is 5.08. The lowest BCUT2D eigenvalue weighted by molar-refractivity contribution is -0.111. The van der Waals surface area contributed by atoms with Gasteiger partial charge in [0.15, 0.2) is 0 Å². The molecule has 5 nitrogen and oxygen atoms in total. The Bertz CT molecular complexity index is 673. The SMILES string of the molecule is C=CC(=O)Nc1sc2c(c1C)CC(C)N(C(=O)OC(C)(C)C)C2C. The van der Waals surface area contributed by atoms with Gasteiger partial charge in [0.05, 0.1) is 11.0 Å². The Hall–Kier alpha value is -1.82. The fourth-order valence-corrected chi connectivity index (χ4v) is 4.29. The predicted molar refractivity (Wildman–Crippen MR) is 97.5 cm³/mol. The van der Waals surface area contributed by atoms with E-state index in [1.807, 2.05) is 41.5 Å². The largest absolute Gasteiger partial charge is 0.444 e. The molecule has 2 rings (SSSR count). The van der Waals surface area contributed by atoms with E-state index in [0.29, 0.717) is 0 Å². The number of amides is 2. The molecule has 24 heavy (non-hydrogen) atoms. The minimum atomic E-state index is -0.523. The molecule has 0 fully saturated rings.